The SMILES string of the molecule is CC(=O)N1CCN(c2cc(Sc3nc4ccccc4o3)c(O)c(Sc3nc4ccccc4o3)c2)CC1. The molecule has 1 amide bonds. The number of nitrogens with zero attached hydrogens (tertiary/aromatic N) is 4. The van der Waals surface area contributed by atoms with Crippen LogP contribution in [0, 0.1) is 0 Å². The smallest absolute Gasteiger partial charge is 0.261 e. The van der Waals surface area contributed by atoms with Gasteiger partial charge in [-0.25, -0.2) is 9.97 Å². The van der Waals surface area contributed by atoms with E-state index in [1.807, 2.05) is 65.6 Å². The van der Waals surface area contributed by atoms with E-state index in [4.69, 9.17) is 8.83 Å². The second-order valence-corrected chi connectivity index (χ2v) is 10.4. The number of hydrogen-bond acceptors (Lipinski definition) is 9. The van der Waals surface area contributed by atoms with Gasteiger partial charge in [-0.2, -0.15) is 0 Å². The third kappa shape index (κ3) is 4.49. The van der Waals surface area contributed by atoms with Crippen molar-refractivity contribution in [1.82, 2.24) is 14.9 Å². The van der Waals surface area contributed by atoms with E-state index >= 15 is 0 Å². The molecule has 6 rings (SSSR count). The van der Waals surface area contributed by atoms with Gasteiger partial charge in [-0.05, 0) is 59.9 Å². The Hall–Kier alpha value is -3.63. The third-order valence-corrected chi connectivity index (χ3v) is 7.82. The van der Waals surface area contributed by atoms with Crippen molar-refractivity contribution in [1.29, 1.82) is 0 Å². The van der Waals surface area contributed by atoms with Crippen LogP contribution >= 0.6 is 23.5 Å². The summed E-state index contributed by atoms with van der Waals surface area (Å²) < 4.78 is 11.8. The van der Waals surface area contributed by atoms with Crippen LogP contribution in [-0.4, -0.2) is 52.1 Å². The second-order valence-electron chi connectivity index (χ2n) is 8.38. The Balaban J connectivity index is 1.36. The van der Waals surface area contributed by atoms with Gasteiger partial charge in [-0.3, -0.25) is 4.79 Å². The molecule has 8 nitrogen and oxygen atoms in total. The lowest BCUT2D eigenvalue weighted by atomic mass is 10.2. The minimum Gasteiger partial charge on any atom is -0.506 e. The minimum atomic E-state index is 0.0831. The monoisotopic (exact) mass is 518 g/mol. The molecule has 1 N–H and O–H groups in total. The zero-order valence-corrected chi connectivity index (χ0v) is 21.0. The molecule has 0 spiro atoms. The molecule has 1 saturated heterocycles. The first-order valence-corrected chi connectivity index (χ1v) is 13.1. The van der Waals surface area contributed by atoms with Crippen LogP contribution in [0.5, 0.6) is 5.75 Å². The summed E-state index contributed by atoms with van der Waals surface area (Å²) in [6.45, 7) is 4.30. The van der Waals surface area contributed by atoms with Gasteiger partial charge in [-0.1, -0.05) is 24.3 Å². The summed E-state index contributed by atoms with van der Waals surface area (Å²) in [5.41, 5.74) is 3.84. The number of phenolic OH excluding ortho intramolecular Hbond substituents is 1. The number of carbonyl (C=O) groups is 1. The van der Waals surface area contributed by atoms with Gasteiger partial charge in [0.05, 0.1) is 9.79 Å². The van der Waals surface area contributed by atoms with Gasteiger partial charge in [-0.15, -0.1) is 0 Å². The molecule has 182 valence electrons. The molecule has 0 bridgehead atoms. The molecule has 1 fully saturated rings. The summed E-state index contributed by atoms with van der Waals surface area (Å²) in [5, 5.41) is 12.1. The average Bonchev–Trinajstić information content (AvgIpc) is 3.49. The number of phenols is 1. The van der Waals surface area contributed by atoms with Crippen molar-refractivity contribution >= 4 is 57.3 Å². The molecule has 0 aliphatic carbocycles. The van der Waals surface area contributed by atoms with Gasteiger partial charge in [0.15, 0.2) is 11.2 Å². The Labute approximate surface area is 215 Å². The topological polar surface area (TPSA) is 95.8 Å². The van der Waals surface area contributed by atoms with Gasteiger partial charge < -0.3 is 23.7 Å². The van der Waals surface area contributed by atoms with Gasteiger partial charge in [0.2, 0.25) is 5.91 Å². The van der Waals surface area contributed by atoms with Crippen LogP contribution in [0.15, 0.2) is 89.7 Å². The van der Waals surface area contributed by atoms with Gasteiger partial charge >= 0.3 is 0 Å². The van der Waals surface area contributed by atoms with E-state index in [0.717, 1.165) is 16.7 Å². The van der Waals surface area contributed by atoms with Crippen molar-refractivity contribution < 1.29 is 18.7 Å². The van der Waals surface area contributed by atoms with Crippen LogP contribution in [0.4, 0.5) is 5.69 Å². The molecule has 2 aromatic heterocycles. The number of aromatic nitrogens is 2. The summed E-state index contributed by atoms with van der Waals surface area (Å²) in [4.78, 5) is 26.2. The number of amides is 1. The van der Waals surface area contributed by atoms with Crippen LogP contribution in [0.25, 0.3) is 22.2 Å². The number of aromatic hydroxyl groups is 1. The Morgan fingerprint density at radius 1 is 0.833 bits per heavy atom. The van der Waals surface area contributed by atoms with Crippen molar-refractivity contribution in [2.24, 2.45) is 0 Å². The summed E-state index contributed by atoms with van der Waals surface area (Å²) >= 11 is 2.54. The molecule has 5 aromatic rings. The van der Waals surface area contributed by atoms with E-state index in [0.29, 0.717) is 57.6 Å². The Bertz CT molecular complexity index is 1410. The molecular formula is C26H22N4O4S2. The molecule has 3 heterocycles. The Kier molecular flexibility index (Phi) is 5.98. The van der Waals surface area contributed by atoms with Crippen molar-refractivity contribution in [3.63, 3.8) is 0 Å². The van der Waals surface area contributed by atoms with Crippen molar-refractivity contribution in [3.05, 3.63) is 60.7 Å². The van der Waals surface area contributed by atoms with Crippen molar-refractivity contribution in [2.75, 3.05) is 31.1 Å². The maximum Gasteiger partial charge on any atom is 0.261 e. The highest BCUT2D eigenvalue weighted by Crippen LogP contribution is 2.45. The van der Waals surface area contributed by atoms with E-state index in [9.17, 15) is 9.90 Å². The van der Waals surface area contributed by atoms with Crippen LogP contribution < -0.4 is 4.90 Å². The fraction of sp³-hybridized carbons (Fsp3) is 0.192. The predicted molar refractivity (Wildman–Crippen MR) is 139 cm³/mol. The zero-order valence-electron chi connectivity index (χ0n) is 19.4. The first kappa shape index (κ1) is 22.8. The van der Waals surface area contributed by atoms with Crippen LogP contribution in [0.3, 0.4) is 0 Å². The van der Waals surface area contributed by atoms with E-state index in [-0.39, 0.29) is 11.7 Å². The van der Waals surface area contributed by atoms with Crippen LogP contribution in [0.2, 0.25) is 0 Å². The van der Waals surface area contributed by atoms with Crippen LogP contribution in [-0.2, 0) is 4.79 Å². The molecule has 3 aromatic carbocycles. The number of para-hydroxylation sites is 4. The number of hydrogen-bond donors (Lipinski definition) is 1. The van der Waals surface area contributed by atoms with E-state index in [1.165, 1.54) is 23.5 Å². The number of carbonyl (C=O) groups excluding carboxylic acids is 1. The lowest BCUT2D eigenvalue weighted by molar-refractivity contribution is -0.129. The number of oxazole rings is 2. The van der Waals surface area contributed by atoms with E-state index in [2.05, 4.69) is 14.9 Å². The number of piperazine rings is 1. The molecule has 0 atom stereocenters. The lowest BCUT2D eigenvalue weighted by Gasteiger charge is -2.36. The van der Waals surface area contributed by atoms with E-state index < -0.39 is 0 Å². The molecule has 0 radical (unpaired) electrons. The number of rotatable bonds is 5. The minimum absolute atomic E-state index is 0.0831. The third-order valence-electron chi connectivity index (χ3n) is 6.06. The molecule has 10 heteroatoms. The van der Waals surface area contributed by atoms with Crippen LogP contribution in [0.1, 0.15) is 6.92 Å². The summed E-state index contributed by atoms with van der Waals surface area (Å²) in [7, 11) is 0. The second kappa shape index (κ2) is 9.44. The Morgan fingerprint density at radius 3 is 1.81 bits per heavy atom. The highest BCUT2D eigenvalue weighted by Gasteiger charge is 2.23. The first-order chi connectivity index (χ1) is 17.5. The maximum atomic E-state index is 11.8. The summed E-state index contributed by atoms with van der Waals surface area (Å²) in [6.07, 6.45) is 0. The molecule has 36 heavy (non-hydrogen) atoms. The quantitative estimate of drug-likeness (QED) is 0.317. The highest BCUT2D eigenvalue weighted by molar-refractivity contribution is 8.00. The molecule has 1 aliphatic rings. The number of anilines is 1. The standard InChI is InChI=1S/C26H22N4O4S2/c1-16(31)29-10-12-30(13-11-29)17-14-22(35-25-27-18-6-2-4-8-20(18)33-25)24(32)23(15-17)36-26-28-19-7-3-5-9-21(19)34-26/h2-9,14-15,32H,10-13H2,1H3. The van der Waals surface area contributed by atoms with Crippen molar-refractivity contribution in [2.45, 2.75) is 27.2 Å². The van der Waals surface area contributed by atoms with Gasteiger partial charge in [0.25, 0.3) is 10.4 Å². The predicted octanol–water partition coefficient (Wildman–Crippen LogP) is 5.65. The van der Waals surface area contributed by atoms with Gasteiger partial charge in [0.1, 0.15) is 16.8 Å². The number of benzene rings is 3. The lowest BCUT2D eigenvalue weighted by Crippen LogP contribution is -2.48. The number of fused-ring (bicyclic) bond motifs is 2. The average molecular weight is 519 g/mol. The van der Waals surface area contributed by atoms with Crippen molar-refractivity contribution in [3.8, 4) is 5.75 Å². The zero-order chi connectivity index (χ0) is 24.6. The summed E-state index contributed by atoms with van der Waals surface area (Å²) in [5.74, 6) is 0.195. The fourth-order valence-corrected chi connectivity index (χ4v) is 5.93. The normalized spacial score (nSPS) is 14.1. The molecular weight excluding hydrogens is 496 g/mol. The largest absolute Gasteiger partial charge is 0.506 e. The first-order valence-electron chi connectivity index (χ1n) is 11.5. The van der Waals surface area contributed by atoms with E-state index in [1.54, 1.807) is 6.92 Å². The maximum absolute atomic E-state index is 11.8. The molecule has 1 aliphatic heterocycles. The highest BCUT2D eigenvalue weighted by atomic mass is 32.2. The summed E-state index contributed by atoms with van der Waals surface area (Å²) in [6, 6.07) is 19.0. The molecule has 0 unspecified atom stereocenters. The van der Waals surface area contributed by atoms with Gasteiger partial charge in [0, 0.05) is 38.8 Å². The fourth-order valence-electron chi connectivity index (χ4n) is 4.16. The Morgan fingerprint density at radius 2 is 1.33 bits per heavy atom. The molecule has 0 saturated carbocycles.